The number of methoxy groups -OCH3 is 4. The van der Waals surface area contributed by atoms with Crippen molar-refractivity contribution in [2.24, 2.45) is 5.92 Å². The van der Waals surface area contributed by atoms with Crippen LogP contribution in [0.3, 0.4) is 0 Å². The molecule has 8 nitrogen and oxygen atoms in total. The first-order chi connectivity index (χ1) is 15.1. The van der Waals surface area contributed by atoms with E-state index in [2.05, 4.69) is 15.2 Å². The van der Waals surface area contributed by atoms with Crippen LogP contribution in [0.25, 0.3) is 10.2 Å². The number of thiazole rings is 1. The van der Waals surface area contributed by atoms with Crippen LogP contribution in [0.5, 0.6) is 23.0 Å². The molecular weight excluding hydrogens is 418 g/mol. The van der Waals surface area contributed by atoms with E-state index in [0.29, 0.717) is 36.9 Å². The molecular formula is C22H25N3O5S. The molecule has 1 aromatic heterocycles. The summed E-state index contributed by atoms with van der Waals surface area (Å²) in [6, 6.07) is 9.54. The topological polar surface area (TPSA) is 82.2 Å². The number of benzene rings is 2. The number of hydrogen-bond acceptors (Lipinski definition) is 8. The van der Waals surface area contributed by atoms with Crippen molar-refractivity contribution in [3.63, 3.8) is 0 Å². The van der Waals surface area contributed by atoms with Gasteiger partial charge in [-0.2, -0.15) is 0 Å². The fourth-order valence-corrected chi connectivity index (χ4v) is 4.49. The van der Waals surface area contributed by atoms with Crippen molar-refractivity contribution in [2.45, 2.75) is 6.54 Å². The summed E-state index contributed by atoms with van der Waals surface area (Å²) >= 11 is 1.62. The maximum absolute atomic E-state index is 12.6. The third kappa shape index (κ3) is 4.18. The molecule has 1 amide bonds. The molecule has 1 aliphatic rings. The number of nitrogens with one attached hydrogen (secondary N) is 1. The lowest BCUT2D eigenvalue weighted by Crippen LogP contribution is -2.53. The molecule has 2 aromatic carbocycles. The molecule has 0 radical (unpaired) electrons. The highest BCUT2D eigenvalue weighted by Crippen LogP contribution is 2.38. The average Bonchev–Trinajstić information content (AvgIpc) is 3.18. The number of hydrogen-bond donors (Lipinski definition) is 1. The number of fused-ring (bicyclic) bond motifs is 1. The summed E-state index contributed by atoms with van der Waals surface area (Å²) < 4.78 is 22.4. The standard InChI is InChI=1S/C22H25N3O5S/c1-27-15-5-6-19-16(9-15)24-22(31-19)25-11-14(12-25)21(26)23-10-13-7-17(28-2)20(30-4)18(8-13)29-3/h5-9,14H,10-12H2,1-4H3,(H,23,26). The van der Waals surface area contributed by atoms with Gasteiger partial charge in [0, 0.05) is 25.7 Å². The van der Waals surface area contributed by atoms with Crippen LogP contribution in [0.1, 0.15) is 5.56 Å². The highest BCUT2D eigenvalue weighted by molar-refractivity contribution is 7.22. The zero-order chi connectivity index (χ0) is 22.0. The van der Waals surface area contributed by atoms with Crippen LogP contribution in [0.15, 0.2) is 30.3 Å². The minimum absolute atomic E-state index is 0.0211. The van der Waals surface area contributed by atoms with Gasteiger partial charge in [-0.1, -0.05) is 11.3 Å². The largest absolute Gasteiger partial charge is 0.497 e. The number of ether oxygens (including phenoxy) is 4. The van der Waals surface area contributed by atoms with E-state index in [4.69, 9.17) is 18.9 Å². The van der Waals surface area contributed by atoms with Gasteiger partial charge < -0.3 is 29.2 Å². The van der Waals surface area contributed by atoms with Gasteiger partial charge in [-0.25, -0.2) is 4.98 Å². The molecule has 3 aromatic rings. The van der Waals surface area contributed by atoms with Gasteiger partial charge in [-0.15, -0.1) is 0 Å². The van der Waals surface area contributed by atoms with Crippen molar-refractivity contribution in [3.05, 3.63) is 35.9 Å². The Morgan fingerprint density at radius 2 is 1.77 bits per heavy atom. The number of anilines is 1. The Labute approximate surface area is 184 Å². The number of aromatic nitrogens is 1. The van der Waals surface area contributed by atoms with Crippen molar-refractivity contribution in [1.29, 1.82) is 0 Å². The summed E-state index contributed by atoms with van der Waals surface area (Å²) in [7, 11) is 6.35. The average molecular weight is 444 g/mol. The highest BCUT2D eigenvalue weighted by atomic mass is 32.1. The Morgan fingerprint density at radius 3 is 2.39 bits per heavy atom. The van der Waals surface area contributed by atoms with Crippen molar-refractivity contribution in [3.8, 4) is 23.0 Å². The lowest BCUT2D eigenvalue weighted by Gasteiger charge is -2.38. The molecule has 0 bridgehead atoms. The Balaban J connectivity index is 1.35. The third-order valence-electron chi connectivity index (χ3n) is 5.30. The summed E-state index contributed by atoms with van der Waals surface area (Å²) in [6.45, 7) is 1.68. The number of rotatable bonds is 8. The highest BCUT2D eigenvalue weighted by Gasteiger charge is 2.34. The molecule has 0 atom stereocenters. The fraction of sp³-hybridized carbons (Fsp3) is 0.364. The van der Waals surface area contributed by atoms with E-state index in [-0.39, 0.29) is 11.8 Å². The van der Waals surface area contributed by atoms with Crippen molar-refractivity contribution >= 4 is 32.6 Å². The van der Waals surface area contributed by atoms with E-state index in [0.717, 1.165) is 26.7 Å². The van der Waals surface area contributed by atoms with Crippen LogP contribution < -0.4 is 29.2 Å². The molecule has 31 heavy (non-hydrogen) atoms. The minimum atomic E-state index is -0.0661. The summed E-state index contributed by atoms with van der Waals surface area (Å²) in [6.07, 6.45) is 0. The summed E-state index contributed by atoms with van der Waals surface area (Å²) in [5.41, 5.74) is 1.79. The molecule has 0 aliphatic carbocycles. The first kappa shape index (κ1) is 21.0. The van der Waals surface area contributed by atoms with Crippen molar-refractivity contribution < 1.29 is 23.7 Å². The van der Waals surface area contributed by atoms with E-state index in [1.807, 2.05) is 30.3 Å². The number of carbonyl (C=O) groups excluding carboxylic acids is 1. The Morgan fingerprint density at radius 1 is 1.06 bits per heavy atom. The first-order valence-electron chi connectivity index (χ1n) is 9.82. The molecule has 0 saturated carbocycles. The van der Waals surface area contributed by atoms with Crippen LogP contribution in [0.2, 0.25) is 0 Å². The maximum Gasteiger partial charge on any atom is 0.226 e. The lowest BCUT2D eigenvalue weighted by atomic mass is 10.00. The van der Waals surface area contributed by atoms with Gasteiger partial charge in [0.05, 0.1) is 44.6 Å². The summed E-state index contributed by atoms with van der Waals surface area (Å²) in [5.74, 6) is 2.40. The van der Waals surface area contributed by atoms with Gasteiger partial charge >= 0.3 is 0 Å². The quantitative estimate of drug-likeness (QED) is 0.573. The maximum atomic E-state index is 12.6. The minimum Gasteiger partial charge on any atom is -0.497 e. The fourth-order valence-electron chi connectivity index (χ4n) is 3.53. The molecule has 1 aliphatic heterocycles. The van der Waals surface area contributed by atoms with E-state index < -0.39 is 0 Å². The zero-order valence-corrected chi connectivity index (χ0v) is 18.7. The van der Waals surface area contributed by atoms with E-state index in [1.54, 1.807) is 39.8 Å². The summed E-state index contributed by atoms with van der Waals surface area (Å²) in [4.78, 5) is 19.4. The first-order valence-corrected chi connectivity index (χ1v) is 10.6. The Kier molecular flexibility index (Phi) is 6.03. The second-order valence-electron chi connectivity index (χ2n) is 7.18. The van der Waals surface area contributed by atoms with Crippen LogP contribution in [-0.2, 0) is 11.3 Å². The van der Waals surface area contributed by atoms with Crippen molar-refractivity contribution in [1.82, 2.24) is 10.3 Å². The third-order valence-corrected chi connectivity index (χ3v) is 6.39. The predicted octanol–water partition coefficient (Wildman–Crippen LogP) is 3.08. The second-order valence-corrected chi connectivity index (χ2v) is 8.19. The molecule has 0 spiro atoms. The van der Waals surface area contributed by atoms with Crippen LogP contribution >= 0.6 is 11.3 Å². The van der Waals surface area contributed by atoms with Crippen molar-refractivity contribution in [2.75, 3.05) is 46.4 Å². The van der Waals surface area contributed by atoms with Crippen LogP contribution in [-0.4, -0.2) is 52.4 Å². The lowest BCUT2D eigenvalue weighted by molar-refractivity contribution is -0.125. The van der Waals surface area contributed by atoms with Crippen LogP contribution in [0.4, 0.5) is 5.13 Å². The number of nitrogens with zero attached hydrogens (tertiary/aromatic N) is 2. The molecule has 1 N–H and O–H groups in total. The van der Waals surface area contributed by atoms with Gasteiger partial charge in [0.1, 0.15) is 5.75 Å². The predicted molar refractivity (Wildman–Crippen MR) is 120 cm³/mol. The Bertz CT molecular complexity index is 1070. The normalized spacial score (nSPS) is 13.6. The molecule has 9 heteroatoms. The van der Waals surface area contributed by atoms with E-state index in [9.17, 15) is 4.79 Å². The van der Waals surface area contributed by atoms with Gasteiger partial charge in [0.2, 0.25) is 11.7 Å². The molecule has 1 saturated heterocycles. The van der Waals surface area contributed by atoms with E-state index >= 15 is 0 Å². The molecule has 0 unspecified atom stereocenters. The zero-order valence-electron chi connectivity index (χ0n) is 17.9. The monoisotopic (exact) mass is 443 g/mol. The van der Waals surface area contributed by atoms with Gasteiger partial charge in [0.25, 0.3) is 0 Å². The van der Waals surface area contributed by atoms with E-state index in [1.165, 1.54) is 0 Å². The van der Waals surface area contributed by atoms with Gasteiger partial charge in [-0.3, -0.25) is 4.79 Å². The van der Waals surface area contributed by atoms with Crippen LogP contribution in [0, 0.1) is 5.92 Å². The molecule has 1 fully saturated rings. The second kappa shape index (κ2) is 8.89. The number of amides is 1. The van der Waals surface area contributed by atoms with Gasteiger partial charge in [-0.05, 0) is 29.8 Å². The smallest absolute Gasteiger partial charge is 0.226 e. The molecule has 2 heterocycles. The molecule has 4 rings (SSSR count). The SMILES string of the molecule is COc1ccc2sc(N3CC(C(=O)NCc4cc(OC)c(OC)c(OC)c4)C3)nc2c1. The summed E-state index contributed by atoms with van der Waals surface area (Å²) in [5, 5.41) is 3.93. The Hall–Kier alpha value is -3.20. The number of carbonyl (C=O) groups is 1. The molecule has 164 valence electrons. The van der Waals surface area contributed by atoms with Gasteiger partial charge in [0.15, 0.2) is 16.6 Å².